The quantitative estimate of drug-likeness (QED) is 0.505. The Kier molecular flexibility index (Phi) is 5.08. The van der Waals surface area contributed by atoms with Crippen molar-refractivity contribution < 1.29 is 21.6 Å². The minimum atomic E-state index is -4.50. The smallest absolute Gasteiger partial charge is 0.307 e. The van der Waals surface area contributed by atoms with Crippen molar-refractivity contribution in [2.24, 2.45) is 10.3 Å². The number of sulfonamides is 2. The number of rotatable bonds is 4. The highest BCUT2D eigenvalue weighted by Gasteiger charge is 2.26. The standard InChI is InChI=1S/C17H16N4O5S2/c18-27(23,24)15-10-4-9-14(16(15)28(19,25)26)21-17(22)20-13-8-3-6-11-5-1-2-7-12(11)13/h1-10H,(H2,18,23,24)(H2,19,25,26)(H2,20,21,22). The number of anilines is 2. The second-order valence-corrected chi connectivity index (χ2v) is 8.86. The van der Waals surface area contributed by atoms with Crippen LogP contribution in [0.3, 0.4) is 0 Å². The summed E-state index contributed by atoms with van der Waals surface area (Å²) in [6.07, 6.45) is 0. The van der Waals surface area contributed by atoms with Gasteiger partial charge in [0.2, 0.25) is 20.0 Å². The topological polar surface area (TPSA) is 161 Å². The van der Waals surface area contributed by atoms with E-state index in [0.717, 1.165) is 16.8 Å². The van der Waals surface area contributed by atoms with Gasteiger partial charge in [-0.1, -0.05) is 42.5 Å². The van der Waals surface area contributed by atoms with Crippen LogP contribution in [0.15, 0.2) is 70.5 Å². The molecule has 0 heterocycles. The molecule has 3 aromatic carbocycles. The number of primary sulfonamides is 2. The molecule has 28 heavy (non-hydrogen) atoms. The van der Waals surface area contributed by atoms with Crippen LogP contribution in [-0.2, 0) is 20.0 Å². The second-order valence-electron chi connectivity index (χ2n) is 5.83. The summed E-state index contributed by atoms with van der Waals surface area (Å²) in [5.74, 6) is 0. The first-order valence-corrected chi connectivity index (χ1v) is 10.9. The summed E-state index contributed by atoms with van der Waals surface area (Å²) in [5, 5.41) is 16.8. The zero-order chi connectivity index (χ0) is 20.5. The van der Waals surface area contributed by atoms with Crippen LogP contribution in [0.2, 0.25) is 0 Å². The van der Waals surface area contributed by atoms with Gasteiger partial charge >= 0.3 is 6.03 Å². The highest BCUT2D eigenvalue weighted by atomic mass is 32.2. The highest BCUT2D eigenvalue weighted by molar-refractivity contribution is 7.92. The predicted molar refractivity (Wildman–Crippen MR) is 106 cm³/mol. The molecule has 3 aromatic rings. The van der Waals surface area contributed by atoms with Gasteiger partial charge in [0.15, 0.2) is 0 Å². The molecule has 0 atom stereocenters. The van der Waals surface area contributed by atoms with Crippen LogP contribution in [0.5, 0.6) is 0 Å². The first kappa shape index (κ1) is 19.8. The van der Waals surface area contributed by atoms with Crippen LogP contribution in [0.1, 0.15) is 0 Å². The molecule has 0 aliphatic carbocycles. The number of carbonyl (C=O) groups excluding carboxylic acids is 1. The number of hydrogen-bond donors (Lipinski definition) is 4. The fourth-order valence-electron chi connectivity index (χ4n) is 2.74. The van der Waals surface area contributed by atoms with Crippen molar-refractivity contribution in [1.82, 2.24) is 0 Å². The average Bonchev–Trinajstić information content (AvgIpc) is 2.60. The summed E-state index contributed by atoms with van der Waals surface area (Å²) in [7, 11) is -8.90. The van der Waals surface area contributed by atoms with E-state index in [1.54, 1.807) is 18.2 Å². The monoisotopic (exact) mass is 420 g/mol. The van der Waals surface area contributed by atoms with Gasteiger partial charge in [-0.05, 0) is 23.6 Å². The Labute approximate surface area is 161 Å². The molecule has 2 amide bonds. The molecule has 146 valence electrons. The van der Waals surface area contributed by atoms with Crippen molar-refractivity contribution in [2.75, 3.05) is 10.6 Å². The van der Waals surface area contributed by atoms with Gasteiger partial charge in [-0.3, -0.25) is 0 Å². The van der Waals surface area contributed by atoms with Gasteiger partial charge in [0.05, 0.1) is 11.4 Å². The maximum Gasteiger partial charge on any atom is 0.323 e. The fourth-order valence-corrected chi connectivity index (χ4v) is 4.85. The van der Waals surface area contributed by atoms with E-state index in [1.165, 1.54) is 12.1 Å². The highest BCUT2D eigenvalue weighted by Crippen LogP contribution is 2.28. The molecule has 0 saturated heterocycles. The third kappa shape index (κ3) is 4.12. The normalized spacial score (nSPS) is 11.9. The number of nitrogens with two attached hydrogens (primary N) is 2. The van der Waals surface area contributed by atoms with Crippen molar-refractivity contribution in [3.63, 3.8) is 0 Å². The Morgan fingerprint density at radius 1 is 0.714 bits per heavy atom. The molecule has 3 rings (SSSR count). The van der Waals surface area contributed by atoms with Crippen molar-refractivity contribution in [2.45, 2.75) is 9.79 Å². The molecular formula is C17H16N4O5S2. The number of hydrogen-bond acceptors (Lipinski definition) is 5. The zero-order valence-corrected chi connectivity index (χ0v) is 15.9. The first-order valence-electron chi connectivity index (χ1n) is 7.82. The zero-order valence-electron chi connectivity index (χ0n) is 14.3. The van der Waals surface area contributed by atoms with Gasteiger partial charge in [0, 0.05) is 5.39 Å². The summed E-state index contributed by atoms with van der Waals surface area (Å²) in [6.45, 7) is 0. The van der Waals surface area contributed by atoms with Gasteiger partial charge in [0.1, 0.15) is 9.79 Å². The Balaban J connectivity index is 1.99. The van der Waals surface area contributed by atoms with E-state index < -0.39 is 35.9 Å². The van der Waals surface area contributed by atoms with E-state index in [0.29, 0.717) is 5.69 Å². The molecule has 9 nitrogen and oxygen atoms in total. The lowest BCUT2D eigenvalue weighted by Crippen LogP contribution is -2.25. The van der Waals surface area contributed by atoms with Crippen LogP contribution < -0.4 is 20.9 Å². The van der Waals surface area contributed by atoms with Crippen molar-refractivity contribution >= 4 is 48.2 Å². The van der Waals surface area contributed by atoms with Gasteiger partial charge < -0.3 is 10.6 Å². The molecular weight excluding hydrogens is 404 g/mol. The molecule has 11 heteroatoms. The summed E-state index contributed by atoms with van der Waals surface area (Å²) >= 11 is 0. The lowest BCUT2D eigenvalue weighted by molar-refractivity contribution is 0.262. The number of benzene rings is 3. The van der Waals surface area contributed by atoms with Gasteiger partial charge in [-0.25, -0.2) is 31.9 Å². The average molecular weight is 420 g/mol. The maximum atomic E-state index is 12.4. The van der Waals surface area contributed by atoms with Gasteiger partial charge in [0.25, 0.3) is 0 Å². The van der Waals surface area contributed by atoms with Crippen LogP contribution in [-0.4, -0.2) is 22.9 Å². The number of carbonyl (C=O) groups is 1. The summed E-state index contributed by atoms with van der Waals surface area (Å²) in [4.78, 5) is 10.9. The molecule has 0 spiro atoms. The van der Waals surface area contributed by atoms with E-state index in [9.17, 15) is 21.6 Å². The van der Waals surface area contributed by atoms with Gasteiger partial charge in [-0.15, -0.1) is 0 Å². The molecule has 6 N–H and O–H groups in total. The van der Waals surface area contributed by atoms with E-state index >= 15 is 0 Å². The molecule has 0 radical (unpaired) electrons. The summed E-state index contributed by atoms with van der Waals surface area (Å²) < 4.78 is 47.3. The van der Waals surface area contributed by atoms with E-state index in [-0.39, 0.29) is 5.69 Å². The largest absolute Gasteiger partial charge is 0.323 e. The molecule has 0 aliphatic rings. The maximum absolute atomic E-state index is 12.4. The minimum absolute atomic E-state index is 0.313. The fraction of sp³-hybridized carbons (Fsp3) is 0. The first-order chi connectivity index (χ1) is 13.1. The molecule has 0 aromatic heterocycles. The molecule has 0 bridgehead atoms. The Hall–Kier alpha value is -2.99. The molecule has 0 saturated carbocycles. The van der Waals surface area contributed by atoms with Crippen LogP contribution in [0.25, 0.3) is 10.8 Å². The third-order valence-electron chi connectivity index (χ3n) is 3.86. The number of nitrogens with one attached hydrogen (secondary N) is 2. The molecule has 0 aliphatic heterocycles. The van der Waals surface area contributed by atoms with E-state index in [4.69, 9.17) is 10.3 Å². The van der Waals surface area contributed by atoms with Gasteiger partial charge in [-0.2, -0.15) is 0 Å². The van der Waals surface area contributed by atoms with Crippen LogP contribution in [0, 0.1) is 0 Å². The number of fused-ring (bicyclic) bond motifs is 1. The third-order valence-corrected chi connectivity index (χ3v) is 5.95. The molecule has 0 unspecified atom stereocenters. The number of urea groups is 1. The van der Waals surface area contributed by atoms with Crippen LogP contribution in [0.4, 0.5) is 16.2 Å². The lowest BCUT2D eigenvalue weighted by atomic mass is 10.1. The predicted octanol–water partition coefficient (Wildman–Crippen LogP) is 1.78. The second kappa shape index (κ2) is 7.20. The lowest BCUT2D eigenvalue weighted by Gasteiger charge is -2.14. The SMILES string of the molecule is NS(=O)(=O)c1cccc(NC(=O)Nc2cccc3ccccc23)c1S(N)(=O)=O. The minimum Gasteiger partial charge on any atom is -0.307 e. The van der Waals surface area contributed by atoms with E-state index in [2.05, 4.69) is 10.6 Å². The van der Waals surface area contributed by atoms with Crippen LogP contribution >= 0.6 is 0 Å². The van der Waals surface area contributed by atoms with E-state index in [1.807, 2.05) is 24.3 Å². The Bertz CT molecular complexity index is 1280. The van der Waals surface area contributed by atoms with Crippen molar-refractivity contribution in [3.05, 3.63) is 60.7 Å². The molecule has 0 fully saturated rings. The van der Waals surface area contributed by atoms with Crippen molar-refractivity contribution in [3.8, 4) is 0 Å². The number of amides is 2. The summed E-state index contributed by atoms with van der Waals surface area (Å²) in [5.41, 5.74) is 0.169. The Morgan fingerprint density at radius 2 is 1.29 bits per heavy atom. The Morgan fingerprint density at radius 3 is 1.96 bits per heavy atom. The summed E-state index contributed by atoms with van der Waals surface area (Å²) in [6, 6.07) is 15.3. The van der Waals surface area contributed by atoms with Crippen molar-refractivity contribution in [1.29, 1.82) is 0 Å².